The number of rotatable bonds is 6. The third kappa shape index (κ3) is 3.29. The fourth-order valence-electron chi connectivity index (χ4n) is 3.11. The van der Waals surface area contributed by atoms with E-state index in [4.69, 9.17) is 4.74 Å². The summed E-state index contributed by atoms with van der Waals surface area (Å²) in [5.74, 6) is 0.128. The van der Waals surface area contributed by atoms with Gasteiger partial charge in [-0.1, -0.05) is 32.6 Å². The van der Waals surface area contributed by atoms with Gasteiger partial charge in [-0.25, -0.2) is 0 Å². The summed E-state index contributed by atoms with van der Waals surface area (Å²) in [5.41, 5.74) is 0.0968. The van der Waals surface area contributed by atoms with Crippen molar-refractivity contribution in [2.45, 2.75) is 70.9 Å². The summed E-state index contributed by atoms with van der Waals surface area (Å²) in [5, 5.41) is 4.28. The number of nitrogens with zero attached hydrogens (tertiary/aromatic N) is 2. The molecule has 1 aliphatic rings. The lowest BCUT2D eigenvalue weighted by molar-refractivity contribution is -0.0292. The van der Waals surface area contributed by atoms with E-state index in [9.17, 15) is 4.79 Å². The first-order chi connectivity index (χ1) is 9.72. The van der Waals surface area contributed by atoms with Crippen LogP contribution in [-0.2, 0) is 11.3 Å². The first kappa shape index (κ1) is 15.2. The van der Waals surface area contributed by atoms with Crippen LogP contribution in [-0.4, -0.2) is 27.8 Å². The minimum absolute atomic E-state index is 0.128. The molecule has 1 aromatic heterocycles. The first-order valence-corrected chi connectivity index (χ1v) is 7.93. The molecule has 1 aromatic rings. The maximum Gasteiger partial charge on any atom is 0.197 e. The summed E-state index contributed by atoms with van der Waals surface area (Å²) in [6, 6.07) is 0. The summed E-state index contributed by atoms with van der Waals surface area (Å²) in [6.45, 7) is 5.53. The second-order valence-corrected chi connectivity index (χ2v) is 5.66. The van der Waals surface area contributed by atoms with Crippen molar-refractivity contribution in [1.82, 2.24) is 9.78 Å². The maximum absolute atomic E-state index is 12.9. The van der Waals surface area contributed by atoms with Gasteiger partial charge in [-0.2, -0.15) is 5.10 Å². The van der Waals surface area contributed by atoms with Crippen molar-refractivity contribution in [2.75, 3.05) is 6.61 Å². The molecule has 2 rings (SSSR count). The number of aromatic nitrogens is 2. The lowest BCUT2D eigenvalue weighted by atomic mass is 9.86. The number of aryl methyl sites for hydroxylation is 1. The topological polar surface area (TPSA) is 44.1 Å². The van der Waals surface area contributed by atoms with E-state index in [0.717, 1.165) is 38.6 Å². The van der Waals surface area contributed by atoms with Crippen LogP contribution in [0.25, 0.3) is 0 Å². The van der Waals surface area contributed by atoms with Gasteiger partial charge < -0.3 is 4.74 Å². The van der Waals surface area contributed by atoms with Crippen molar-refractivity contribution in [3.8, 4) is 0 Å². The highest BCUT2D eigenvalue weighted by atomic mass is 16.5. The van der Waals surface area contributed by atoms with Gasteiger partial charge in [0.15, 0.2) is 5.78 Å². The highest BCUT2D eigenvalue weighted by Gasteiger charge is 2.40. The summed E-state index contributed by atoms with van der Waals surface area (Å²) in [4.78, 5) is 12.9. The molecule has 112 valence electrons. The van der Waals surface area contributed by atoms with E-state index in [-0.39, 0.29) is 5.78 Å². The summed E-state index contributed by atoms with van der Waals surface area (Å²) in [7, 11) is 0. The number of Topliss-reactive ketones (excluding diaryl/α,β-unsaturated/α-hetero) is 1. The third-order valence-corrected chi connectivity index (χ3v) is 4.09. The predicted molar refractivity (Wildman–Crippen MR) is 78.9 cm³/mol. The van der Waals surface area contributed by atoms with E-state index in [1.807, 2.05) is 17.8 Å². The third-order valence-electron chi connectivity index (χ3n) is 4.09. The minimum atomic E-state index is -0.606. The molecule has 0 N–H and O–H groups in total. The van der Waals surface area contributed by atoms with Gasteiger partial charge >= 0.3 is 0 Å². The highest BCUT2D eigenvalue weighted by molar-refractivity contribution is 6.02. The SMILES string of the molecule is CCCn1cc(C(=O)C2(OCC)CCCCCC2)cn1. The number of carbonyl (C=O) groups excluding carboxylic acids is 1. The van der Waals surface area contributed by atoms with Crippen molar-refractivity contribution in [1.29, 1.82) is 0 Å². The largest absolute Gasteiger partial charge is 0.367 e. The van der Waals surface area contributed by atoms with Gasteiger partial charge in [0, 0.05) is 19.3 Å². The lowest BCUT2D eigenvalue weighted by Crippen LogP contribution is -2.41. The first-order valence-electron chi connectivity index (χ1n) is 7.93. The molecule has 4 nitrogen and oxygen atoms in total. The number of hydrogen-bond donors (Lipinski definition) is 0. The molecule has 4 heteroatoms. The van der Waals surface area contributed by atoms with Gasteiger partial charge in [-0.3, -0.25) is 9.48 Å². The van der Waals surface area contributed by atoms with Crippen molar-refractivity contribution >= 4 is 5.78 Å². The number of hydrogen-bond acceptors (Lipinski definition) is 3. The highest BCUT2D eigenvalue weighted by Crippen LogP contribution is 2.33. The number of ketones is 1. The van der Waals surface area contributed by atoms with E-state index >= 15 is 0 Å². The van der Waals surface area contributed by atoms with Gasteiger partial charge in [-0.15, -0.1) is 0 Å². The monoisotopic (exact) mass is 278 g/mol. The Labute approximate surface area is 121 Å². The van der Waals surface area contributed by atoms with Crippen molar-refractivity contribution < 1.29 is 9.53 Å². The van der Waals surface area contributed by atoms with Crippen LogP contribution in [0.4, 0.5) is 0 Å². The molecule has 0 aliphatic heterocycles. The Bertz CT molecular complexity index is 431. The fraction of sp³-hybridized carbons (Fsp3) is 0.750. The van der Waals surface area contributed by atoms with Crippen LogP contribution in [0, 0.1) is 0 Å². The Balaban J connectivity index is 2.20. The fourth-order valence-corrected chi connectivity index (χ4v) is 3.11. The molecule has 0 bridgehead atoms. The van der Waals surface area contributed by atoms with Crippen molar-refractivity contribution in [3.63, 3.8) is 0 Å². The van der Waals surface area contributed by atoms with Crippen LogP contribution in [0.3, 0.4) is 0 Å². The maximum atomic E-state index is 12.9. The standard InChI is InChI=1S/C16H26N2O2/c1-3-11-18-13-14(12-17-18)15(19)16(20-4-2)9-7-5-6-8-10-16/h12-13H,3-11H2,1-2H3. The van der Waals surface area contributed by atoms with Crippen LogP contribution >= 0.6 is 0 Å². The molecule has 0 spiro atoms. The molecule has 0 aromatic carbocycles. The van der Waals surface area contributed by atoms with Gasteiger partial charge in [0.25, 0.3) is 0 Å². The molecule has 1 fully saturated rings. The van der Waals surface area contributed by atoms with E-state index in [1.165, 1.54) is 12.8 Å². The second kappa shape index (κ2) is 7.02. The lowest BCUT2D eigenvalue weighted by Gasteiger charge is -2.30. The summed E-state index contributed by atoms with van der Waals surface area (Å²) >= 11 is 0. The normalized spacial score (nSPS) is 18.7. The molecular weight excluding hydrogens is 252 g/mol. The molecule has 0 saturated heterocycles. The molecule has 1 heterocycles. The zero-order valence-corrected chi connectivity index (χ0v) is 12.7. The van der Waals surface area contributed by atoms with Crippen LogP contribution < -0.4 is 0 Å². The summed E-state index contributed by atoms with van der Waals surface area (Å²) in [6.07, 6.45) is 10.8. The van der Waals surface area contributed by atoms with E-state index in [0.29, 0.717) is 12.2 Å². The molecule has 0 unspecified atom stereocenters. The summed E-state index contributed by atoms with van der Waals surface area (Å²) < 4.78 is 7.80. The van der Waals surface area contributed by atoms with Crippen LogP contribution in [0.5, 0.6) is 0 Å². The molecule has 0 atom stereocenters. The molecule has 0 amide bonds. The van der Waals surface area contributed by atoms with Gasteiger partial charge in [0.05, 0.1) is 11.8 Å². The minimum Gasteiger partial charge on any atom is -0.367 e. The smallest absolute Gasteiger partial charge is 0.197 e. The zero-order valence-electron chi connectivity index (χ0n) is 12.7. The van der Waals surface area contributed by atoms with Gasteiger partial charge in [0.1, 0.15) is 5.60 Å². The molecular formula is C16H26N2O2. The van der Waals surface area contributed by atoms with Crippen molar-refractivity contribution in [2.24, 2.45) is 0 Å². The average molecular weight is 278 g/mol. The molecule has 0 radical (unpaired) electrons. The van der Waals surface area contributed by atoms with E-state index in [2.05, 4.69) is 12.0 Å². The van der Waals surface area contributed by atoms with E-state index in [1.54, 1.807) is 6.20 Å². The zero-order chi connectivity index (χ0) is 14.4. The Morgan fingerprint density at radius 1 is 1.30 bits per heavy atom. The van der Waals surface area contributed by atoms with E-state index < -0.39 is 5.60 Å². The Morgan fingerprint density at radius 2 is 2.00 bits per heavy atom. The molecule has 1 saturated carbocycles. The number of ether oxygens (including phenoxy) is 1. The van der Waals surface area contributed by atoms with Crippen LogP contribution in [0.15, 0.2) is 12.4 Å². The van der Waals surface area contributed by atoms with Gasteiger partial charge in [-0.05, 0) is 26.2 Å². The van der Waals surface area contributed by atoms with Crippen LogP contribution in [0.1, 0.15) is 69.2 Å². The van der Waals surface area contributed by atoms with Crippen LogP contribution in [0.2, 0.25) is 0 Å². The predicted octanol–water partition coefficient (Wildman–Crippen LogP) is 3.61. The Kier molecular flexibility index (Phi) is 5.35. The Morgan fingerprint density at radius 3 is 2.60 bits per heavy atom. The Hall–Kier alpha value is -1.16. The molecule has 1 aliphatic carbocycles. The average Bonchev–Trinajstić information content (AvgIpc) is 2.77. The van der Waals surface area contributed by atoms with Crippen molar-refractivity contribution in [3.05, 3.63) is 18.0 Å². The van der Waals surface area contributed by atoms with Gasteiger partial charge in [0.2, 0.25) is 0 Å². The molecule has 20 heavy (non-hydrogen) atoms. The quantitative estimate of drug-likeness (QED) is 0.590. The number of carbonyl (C=O) groups is 1. The second-order valence-electron chi connectivity index (χ2n) is 5.66.